The Morgan fingerprint density at radius 2 is 1.79 bits per heavy atom. The summed E-state index contributed by atoms with van der Waals surface area (Å²) in [7, 11) is 0. The predicted molar refractivity (Wildman–Crippen MR) is 94.0 cm³/mol. The van der Waals surface area contributed by atoms with Gasteiger partial charge < -0.3 is 20.0 Å². The van der Waals surface area contributed by atoms with Gasteiger partial charge in [0.05, 0.1) is 6.04 Å². The molecule has 2 saturated heterocycles. The molecule has 2 heterocycles. The Balaban J connectivity index is 1.48. The summed E-state index contributed by atoms with van der Waals surface area (Å²) in [5.74, 6) is 0.129. The van der Waals surface area contributed by atoms with Gasteiger partial charge in [0.2, 0.25) is 5.91 Å². The van der Waals surface area contributed by atoms with Crippen LogP contribution in [0.1, 0.15) is 20.3 Å². The van der Waals surface area contributed by atoms with E-state index in [1.54, 1.807) is 0 Å². The Kier molecular flexibility index (Phi) is 4.92. The van der Waals surface area contributed by atoms with Crippen LogP contribution in [0.4, 0.5) is 10.5 Å². The van der Waals surface area contributed by atoms with Crippen molar-refractivity contribution in [2.45, 2.75) is 32.4 Å². The van der Waals surface area contributed by atoms with E-state index in [9.17, 15) is 9.59 Å². The lowest BCUT2D eigenvalue weighted by Gasteiger charge is -2.36. The highest BCUT2D eigenvalue weighted by Gasteiger charge is 2.33. The molecule has 24 heavy (non-hydrogen) atoms. The molecule has 1 aromatic carbocycles. The molecule has 1 N–H and O–H groups in total. The number of para-hydroxylation sites is 1. The average molecular weight is 330 g/mol. The molecule has 1 unspecified atom stereocenters. The van der Waals surface area contributed by atoms with E-state index in [4.69, 9.17) is 0 Å². The molecule has 0 radical (unpaired) electrons. The third-order valence-corrected chi connectivity index (χ3v) is 4.80. The van der Waals surface area contributed by atoms with E-state index in [1.165, 1.54) is 5.69 Å². The number of nitrogens with one attached hydrogen (secondary N) is 1. The van der Waals surface area contributed by atoms with Crippen LogP contribution in [0.5, 0.6) is 0 Å². The number of piperazine rings is 1. The first-order chi connectivity index (χ1) is 11.5. The molecule has 0 saturated carbocycles. The van der Waals surface area contributed by atoms with Crippen LogP contribution in [0.2, 0.25) is 0 Å². The molecular formula is C18H26N4O2. The molecule has 2 fully saturated rings. The Hall–Kier alpha value is -2.24. The molecular weight excluding hydrogens is 304 g/mol. The highest BCUT2D eigenvalue weighted by Crippen LogP contribution is 2.17. The van der Waals surface area contributed by atoms with Crippen molar-refractivity contribution in [1.29, 1.82) is 0 Å². The molecule has 130 valence electrons. The molecule has 0 aliphatic carbocycles. The van der Waals surface area contributed by atoms with Crippen molar-refractivity contribution < 1.29 is 9.59 Å². The molecule has 3 rings (SSSR count). The Morgan fingerprint density at radius 1 is 1.12 bits per heavy atom. The monoisotopic (exact) mass is 330 g/mol. The van der Waals surface area contributed by atoms with Crippen LogP contribution in [0.25, 0.3) is 0 Å². The fourth-order valence-corrected chi connectivity index (χ4v) is 3.40. The molecule has 1 aromatic rings. The lowest BCUT2D eigenvalue weighted by molar-refractivity contribution is -0.129. The number of rotatable bonds is 3. The highest BCUT2D eigenvalue weighted by atomic mass is 16.2. The maximum Gasteiger partial charge on any atom is 0.317 e. The summed E-state index contributed by atoms with van der Waals surface area (Å²) in [6.07, 6.45) is 0.411. The van der Waals surface area contributed by atoms with Crippen molar-refractivity contribution in [3.05, 3.63) is 30.3 Å². The average Bonchev–Trinajstić information content (AvgIpc) is 2.96. The van der Waals surface area contributed by atoms with Crippen LogP contribution in [0.15, 0.2) is 30.3 Å². The number of carbonyl (C=O) groups is 2. The van der Waals surface area contributed by atoms with E-state index in [0.717, 1.165) is 13.1 Å². The third-order valence-electron chi connectivity index (χ3n) is 4.80. The molecule has 1 atom stereocenters. The van der Waals surface area contributed by atoms with Gasteiger partial charge >= 0.3 is 6.03 Å². The van der Waals surface area contributed by atoms with Crippen LogP contribution >= 0.6 is 0 Å². The Labute approximate surface area is 143 Å². The van der Waals surface area contributed by atoms with Gasteiger partial charge in [-0.2, -0.15) is 0 Å². The number of carbonyl (C=O) groups excluding carboxylic acids is 2. The zero-order chi connectivity index (χ0) is 17.1. The normalized spacial score (nSPS) is 21.5. The van der Waals surface area contributed by atoms with E-state index in [0.29, 0.717) is 26.1 Å². The topological polar surface area (TPSA) is 55.9 Å². The summed E-state index contributed by atoms with van der Waals surface area (Å²) >= 11 is 0. The summed E-state index contributed by atoms with van der Waals surface area (Å²) in [4.78, 5) is 30.4. The summed E-state index contributed by atoms with van der Waals surface area (Å²) < 4.78 is 0. The van der Waals surface area contributed by atoms with Crippen molar-refractivity contribution in [2.24, 2.45) is 0 Å². The fourth-order valence-electron chi connectivity index (χ4n) is 3.40. The van der Waals surface area contributed by atoms with E-state index in [1.807, 2.05) is 41.8 Å². The lowest BCUT2D eigenvalue weighted by atomic mass is 10.2. The number of hydrogen-bond acceptors (Lipinski definition) is 3. The van der Waals surface area contributed by atoms with Gasteiger partial charge in [0.25, 0.3) is 0 Å². The summed E-state index contributed by atoms with van der Waals surface area (Å²) in [5, 5.41) is 3.02. The Bertz CT molecular complexity index is 582. The molecule has 0 aromatic heterocycles. The van der Waals surface area contributed by atoms with E-state index >= 15 is 0 Å². The maximum absolute atomic E-state index is 12.4. The quantitative estimate of drug-likeness (QED) is 0.914. The van der Waals surface area contributed by atoms with Gasteiger partial charge in [-0.1, -0.05) is 18.2 Å². The van der Waals surface area contributed by atoms with Crippen molar-refractivity contribution in [3.8, 4) is 0 Å². The number of likely N-dealkylation sites (tertiary alicyclic amines) is 1. The van der Waals surface area contributed by atoms with Gasteiger partial charge in [0.15, 0.2) is 0 Å². The number of hydrogen-bond donors (Lipinski definition) is 1. The van der Waals surface area contributed by atoms with Crippen LogP contribution in [0, 0.1) is 0 Å². The van der Waals surface area contributed by atoms with Crippen molar-refractivity contribution in [3.63, 3.8) is 0 Å². The minimum absolute atomic E-state index is 0.0499. The third kappa shape index (κ3) is 3.63. The van der Waals surface area contributed by atoms with Crippen LogP contribution < -0.4 is 10.2 Å². The second-order valence-corrected chi connectivity index (χ2v) is 6.80. The first-order valence-electron chi connectivity index (χ1n) is 8.69. The van der Waals surface area contributed by atoms with Gasteiger partial charge in [0.1, 0.15) is 0 Å². The summed E-state index contributed by atoms with van der Waals surface area (Å²) in [6.45, 7) is 7.70. The smallest absolute Gasteiger partial charge is 0.317 e. The molecule has 6 nitrogen and oxygen atoms in total. The SMILES string of the molecule is CC(C)N1CC(NC(=O)N2CCN(c3ccccc3)CC2)CC1=O. The number of benzene rings is 1. The van der Waals surface area contributed by atoms with Crippen molar-refractivity contribution >= 4 is 17.6 Å². The summed E-state index contributed by atoms with van der Waals surface area (Å²) in [6, 6.07) is 10.3. The minimum Gasteiger partial charge on any atom is -0.368 e. The first kappa shape index (κ1) is 16.6. The second kappa shape index (κ2) is 7.11. The van der Waals surface area contributed by atoms with Gasteiger partial charge in [-0.25, -0.2) is 4.79 Å². The zero-order valence-electron chi connectivity index (χ0n) is 14.4. The lowest BCUT2D eigenvalue weighted by Crippen LogP contribution is -2.54. The van der Waals surface area contributed by atoms with Crippen LogP contribution in [-0.4, -0.2) is 66.5 Å². The molecule has 0 bridgehead atoms. The minimum atomic E-state index is -0.0699. The van der Waals surface area contributed by atoms with Crippen LogP contribution in [0.3, 0.4) is 0 Å². The number of anilines is 1. The zero-order valence-corrected chi connectivity index (χ0v) is 14.4. The molecule has 2 aliphatic heterocycles. The van der Waals surface area contributed by atoms with Crippen LogP contribution in [-0.2, 0) is 4.79 Å². The molecule has 3 amide bonds. The molecule has 6 heteroatoms. The number of urea groups is 1. The summed E-state index contributed by atoms with van der Waals surface area (Å²) in [5.41, 5.74) is 1.20. The number of nitrogens with zero attached hydrogens (tertiary/aromatic N) is 3. The van der Waals surface area contributed by atoms with E-state index in [2.05, 4.69) is 22.3 Å². The standard InChI is InChI=1S/C18H26N4O2/c1-14(2)22-13-15(12-17(22)23)19-18(24)21-10-8-20(9-11-21)16-6-4-3-5-7-16/h3-7,14-15H,8-13H2,1-2H3,(H,19,24). The predicted octanol–water partition coefficient (Wildman–Crippen LogP) is 1.53. The van der Waals surface area contributed by atoms with E-state index in [-0.39, 0.29) is 24.0 Å². The molecule has 2 aliphatic rings. The first-order valence-corrected chi connectivity index (χ1v) is 8.69. The largest absolute Gasteiger partial charge is 0.368 e. The molecule has 0 spiro atoms. The maximum atomic E-state index is 12.4. The van der Waals surface area contributed by atoms with Gasteiger partial charge in [-0.3, -0.25) is 4.79 Å². The highest BCUT2D eigenvalue weighted by molar-refractivity contribution is 5.82. The van der Waals surface area contributed by atoms with Crippen molar-refractivity contribution in [1.82, 2.24) is 15.1 Å². The van der Waals surface area contributed by atoms with Crippen molar-refractivity contribution in [2.75, 3.05) is 37.6 Å². The fraction of sp³-hybridized carbons (Fsp3) is 0.556. The second-order valence-electron chi connectivity index (χ2n) is 6.80. The number of amides is 3. The van der Waals surface area contributed by atoms with Gasteiger partial charge in [-0.15, -0.1) is 0 Å². The Morgan fingerprint density at radius 3 is 2.38 bits per heavy atom. The van der Waals surface area contributed by atoms with Gasteiger partial charge in [0, 0.05) is 50.9 Å². The van der Waals surface area contributed by atoms with Gasteiger partial charge in [-0.05, 0) is 26.0 Å². The van der Waals surface area contributed by atoms with E-state index < -0.39 is 0 Å².